The average Bonchev–Trinajstić information content (AvgIpc) is 2.62. The first-order valence-corrected chi connectivity index (χ1v) is 8.37. The Kier molecular flexibility index (Phi) is 7.11. The third-order valence-corrected chi connectivity index (χ3v) is 3.71. The van der Waals surface area contributed by atoms with Gasteiger partial charge in [0.1, 0.15) is 0 Å². The molecule has 1 amide bonds. The average molecular weight is 335 g/mol. The third kappa shape index (κ3) is 6.36. The van der Waals surface area contributed by atoms with Gasteiger partial charge in [0.25, 0.3) is 5.91 Å². The number of benzene rings is 2. The van der Waals surface area contributed by atoms with Crippen LogP contribution in [-0.2, 0) is 0 Å². The van der Waals surface area contributed by atoms with Crippen LogP contribution in [0.4, 0.5) is 0 Å². The van der Waals surface area contributed by atoms with E-state index < -0.39 is 0 Å². The summed E-state index contributed by atoms with van der Waals surface area (Å²) in [4.78, 5) is 14.3. The van der Waals surface area contributed by atoms with Crippen molar-refractivity contribution in [2.75, 3.05) is 20.6 Å². The Hall–Kier alpha value is -2.72. The van der Waals surface area contributed by atoms with Crippen LogP contribution in [0.2, 0.25) is 0 Å². The van der Waals surface area contributed by atoms with Crippen LogP contribution in [0.3, 0.4) is 0 Å². The minimum atomic E-state index is -0.205. The van der Waals surface area contributed by atoms with Gasteiger partial charge in [0.05, 0.1) is 5.71 Å². The van der Waals surface area contributed by atoms with Gasteiger partial charge in [-0.25, -0.2) is 5.43 Å². The lowest BCUT2D eigenvalue weighted by atomic mass is 10.0. The number of carbonyl (C=O) groups is 1. The van der Waals surface area contributed by atoms with Crippen LogP contribution in [0.5, 0.6) is 0 Å². The monoisotopic (exact) mass is 335 g/mol. The summed E-state index contributed by atoms with van der Waals surface area (Å²) in [5, 5.41) is 4.37. The lowest BCUT2D eigenvalue weighted by Gasteiger charge is -2.17. The van der Waals surface area contributed by atoms with Gasteiger partial charge in [-0.2, -0.15) is 5.10 Å². The van der Waals surface area contributed by atoms with Crippen molar-refractivity contribution in [3.63, 3.8) is 0 Å². The molecule has 0 radical (unpaired) electrons. The zero-order chi connectivity index (χ0) is 18.1. The van der Waals surface area contributed by atoms with Crippen LogP contribution >= 0.6 is 0 Å². The molecule has 0 saturated carbocycles. The van der Waals surface area contributed by atoms with E-state index in [-0.39, 0.29) is 11.8 Å². The van der Waals surface area contributed by atoms with Crippen molar-refractivity contribution >= 4 is 17.7 Å². The molecule has 2 rings (SSSR count). The lowest BCUT2D eigenvalue weighted by molar-refractivity contribution is 0.0954. The van der Waals surface area contributed by atoms with E-state index in [4.69, 9.17) is 0 Å². The summed E-state index contributed by atoms with van der Waals surface area (Å²) in [6.45, 7) is 2.95. The first kappa shape index (κ1) is 18.6. The second kappa shape index (κ2) is 9.55. The molecule has 4 nitrogen and oxygen atoms in total. The van der Waals surface area contributed by atoms with Crippen LogP contribution in [-0.4, -0.2) is 37.2 Å². The summed E-state index contributed by atoms with van der Waals surface area (Å²) in [5.41, 5.74) is 5.20. The van der Waals surface area contributed by atoms with Crippen molar-refractivity contribution < 1.29 is 4.79 Å². The van der Waals surface area contributed by atoms with E-state index in [9.17, 15) is 4.79 Å². The van der Waals surface area contributed by atoms with Crippen LogP contribution in [0, 0.1) is 5.92 Å². The van der Waals surface area contributed by atoms with E-state index >= 15 is 0 Å². The molecule has 2 aromatic rings. The van der Waals surface area contributed by atoms with Crippen molar-refractivity contribution in [1.29, 1.82) is 0 Å². The van der Waals surface area contributed by atoms with Crippen molar-refractivity contribution in [1.82, 2.24) is 10.3 Å². The molecule has 0 spiro atoms. The largest absolute Gasteiger partial charge is 0.309 e. The quantitative estimate of drug-likeness (QED) is 0.619. The van der Waals surface area contributed by atoms with Gasteiger partial charge in [0, 0.05) is 18.0 Å². The molecule has 1 atom stereocenters. The smallest absolute Gasteiger partial charge is 0.271 e. The number of nitrogens with one attached hydrogen (secondary N) is 1. The summed E-state index contributed by atoms with van der Waals surface area (Å²) >= 11 is 0. The molecular formula is C21H25N3O. The molecule has 0 bridgehead atoms. The highest BCUT2D eigenvalue weighted by atomic mass is 16.2. The molecule has 0 aliphatic carbocycles. The zero-order valence-corrected chi connectivity index (χ0v) is 15.0. The maximum Gasteiger partial charge on any atom is 0.271 e. The van der Waals surface area contributed by atoms with Crippen LogP contribution in [0.1, 0.15) is 22.8 Å². The van der Waals surface area contributed by atoms with Crippen LogP contribution in [0.25, 0.3) is 6.08 Å². The number of carbonyl (C=O) groups excluding carboxylic acids is 1. The summed E-state index contributed by atoms with van der Waals surface area (Å²) in [6.07, 6.45) is 3.98. The predicted octanol–water partition coefficient (Wildman–Crippen LogP) is 3.68. The SMILES string of the molecule is CC(CN(C)C)C(/C=C/c1ccccc1)=N\NC(=O)c1ccccc1. The second-order valence-corrected chi connectivity index (χ2v) is 6.25. The van der Waals surface area contributed by atoms with Crippen molar-refractivity contribution in [3.05, 3.63) is 77.9 Å². The molecule has 25 heavy (non-hydrogen) atoms. The van der Waals surface area contributed by atoms with E-state index in [1.807, 2.05) is 74.8 Å². The Morgan fingerprint density at radius 1 is 1.08 bits per heavy atom. The van der Waals surface area contributed by atoms with Crippen molar-refractivity contribution in [2.24, 2.45) is 11.0 Å². The number of nitrogens with zero attached hydrogens (tertiary/aromatic N) is 2. The molecule has 0 heterocycles. The van der Waals surface area contributed by atoms with Gasteiger partial charge in [-0.05, 0) is 37.9 Å². The molecular weight excluding hydrogens is 310 g/mol. The molecule has 2 aromatic carbocycles. The molecule has 0 aliphatic rings. The molecule has 4 heteroatoms. The Bertz CT molecular complexity index is 721. The van der Waals surface area contributed by atoms with Crippen molar-refractivity contribution in [3.8, 4) is 0 Å². The van der Waals surface area contributed by atoms with Crippen LogP contribution < -0.4 is 5.43 Å². The van der Waals surface area contributed by atoms with Gasteiger partial charge >= 0.3 is 0 Å². The highest BCUT2D eigenvalue weighted by Crippen LogP contribution is 2.07. The minimum absolute atomic E-state index is 0.186. The Labute approximate surface area is 149 Å². The van der Waals surface area contributed by atoms with E-state index in [2.05, 4.69) is 22.4 Å². The van der Waals surface area contributed by atoms with Crippen molar-refractivity contribution in [2.45, 2.75) is 6.92 Å². The standard InChI is InChI=1S/C21H25N3O/c1-17(16-24(2)3)20(15-14-18-10-6-4-7-11-18)22-23-21(25)19-12-8-5-9-13-19/h4-15,17H,16H2,1-3H3,(H,23,25)/b15-14+,22-20-. The highest BCUT2D eigenvalue weighted by Gasteiger charge is 2.11. The molecule has 0 aliphatic heterocycles. The normalized spacial score (nSPS) is 13.2. The molecule has 1 unspecified atom stereocenters. The lowest BCUT2D eigenvalue weighted by Crippen LogP contribution is -2.27. The summed E-state index contributed by atoms with van der Waals surface area (Å²) < 4.78 is 0. The fourth-order valence-corrected chi connectivity index (χ4v) is 2.47. The van der Waals surface area contributed by atoms with Gasteiger partial charge in [-0.1, -0.05) is 61.5 Å². The maximum atomic E-state index is 12.2. The fraction of sp³-hybridized carbons (Fsp3) is 0.238. The fourth-order valence-electron chi connectivity index (χ4n) is 2.47. The molecule has 0 saturated heterocycles. The zero-order valence-electron chi connectivity index (χ0n) is 15.0. The van der Waals surface area contributed by atoms with Gasteiger partial charge in [0.15, 0.2) is 0 Å². The first-order valence-electron chi connectivity index (χ1n) is 8.37. The second-order valence-electron chi connectivity index (χ2n) is 6.25. The van der Waals surface area contributed by atoms with Gasteiger partial charge in [-0.15, -0.1) is 0 Å². The number of hydrogen-bond donors (Lipinski definition) is 1. The Balaban J connectivity index is 2.15. The predicted molar refractivity (Wildman–Crippen MR) is 105 cm³/mol. The Morgan fingerprint density at radius 2 is 1.68 bits per heavy atom. The topological polar surface area (TPSA) is 44.7 Å². The number of amides is 1. The van der Waals surface area contributed by atoms with E-state index in [1.54, 1.807) is 12.1 Å². The summed E-state index contributed by atoms with van der Waals surface area (Å²) in [5.74, 6) is -0.0192. The summed E-state index contributed by atoms with van der Waals surface area (Å²) in [6, 6.07) is 19.1. The van der Waals surface area contributed by atoms with Gasteiger partial charge < -0.3 is 4.90 Å². The van der Waals surface area contributed by atoms with Gasteiger partial charge in [0.2, 0.25) is 0 Å². The van der Waals surface area contributed by atoms with E-state index in [0.29, 0.717) is 5.56 Å². The summed E-state index contributed by atoms with van der Waals surface area (Å²) in [7, 11) is 4.05. The number of hydrogen-bond acceptors (Lipinski definition) is 3. The van der Waals surface area contributed by atoms with Crippen LogP contribution in [0.15, 0.2) is 71.8 Å². The van der Waals surface area contributed by atoms with E-state index in [0.717, 1.165) is 17.8 Å². The van der Waals surface area contributed by atoms with Gasteiger partial charge in [-0.3, -0.25) is 4.79 Å². The molecule has 0 aromatic heterocycles. The molecule has 0 fully saturated rings. The first-order chi connectivity index (χ1) is 12.1. The third-order valence-electron chi connectivity index (χ3n) is 3.71. The molecule has 1 N–H and O–H groups in total. The highest BCUT2D eigenvalue weighted by molar-refractivity contribution is 6.01. The minimum Gasteiger partial charge on any atom is -0.309 e. The maximum absolute atomic E-state index is 12.2. The number of rotatable bonds is 7. The van der Waals surface area contributed by atoms with E-state index in [1.165, 1.54) is 0 Å². The Morgan fingerprint density at radius 3 is 2.28 bits per heavy atom. The molecule has 130 valence electrons. The number of hydrazone groups is 1. The number of allylic oxidation sites excluding steroid dienone is 1.